The molecule has 0 radical (unpaired) electrons. The standard InChI is InChI=1S/C6H7BrN2O3/c7-3-2-8-9-6(3)4(10)1-5(11)12/h2,4,10H,1H2,(H,8,9)(H,11,12)/t4-/m0/s1. The van der Waals surface area contributed by atoms with Gasteiger partial charge in [-0.25, -0.2) is 0 Å². The first-order valence-corrected chi connectivity index (χ1v) is 3.99. The summed E-state index contributed by atoms with van der Waals surface area (Å²) >= 11 is 3.11. The van der Waals surface area contributed by atoms with E-state index in [1.165, 1.54) is 6.20 Å². The molecule has 1 aromatic heterocycles. The third kappa shape index (κ3) is 2.05. The van der Waals surface area contributed by atoms with E-state index in [0.29, 0.717) is 10.2 Å². The van der Waals surface area contributed by atoms with Crippen molar-refractivity contribution in [3.8, 4) is 0 Å². The highest BCUT2D eigenvalue weighted by Gasteiger charge is 2.16. The summed E-state index contributed by atoms with van der Waals surface area (Å²) in [5, 5.41) is 23.8. The largest absolute Gasteiger partial charge is 0.481 e. The van der Waals surface area contributed by atoms with Crippen molar-refractivity contribution in [2.45, 2.75) is 12.5 Å². The van der Waals surface area contributed by atoms with Crippen molar-refractivity contribution in [1.82, 2.24) is 10.2 Å². The maximum Gasteiger partial charge on any atom is 0.306 e. The van der Waals surface area contributed by atoms with Gasteiger partial charge in [-0.3, -0.25) is 9.89 Å². The van der Waals surface area contributed by atoms with E-state index in [4.69, 9.17) is 5.11 Å². The Labute approximate surface area is 76.5 Å². The first-order valence-electron chi connectivity index (χ1n) is 3.20. The first kappa shape index (κ1) is 9.21. The molecule has 0 aliphatic rings. The molecule has 1 atom stereocenters. The maximum absolute atomic E-state index is 10.2. The van der Waals surface area contributed by atoms with Crippen LogP contribution in [0.5, 0.6) is 0 Å². The van der Waals surface area contributed by atoms with Gasteiger partial charge in [0.15, 0.2) is 0 Å². The number of aromatic amines is 1. The van der Waals surface area contributed by atoms with E-state index in [2.05, 4.69) is 26.1 Å². The highest BCUT2D eigenvalue weighted by atomic mass is 79.9. The molecule has 6 heteroatoms. The molecular weight excluding hydrogens is 228 g/mol. The molecule has 0 saturated carbocycles. The average molecular weight is 235 g/mol. The van der Waals surface area contributed by atoms with Crippen molar-refractivity contribution in [2.75, 3.05) is 0 Å². The number of aliphatic hydroxyl groups excluding tert-OH is 1. The number of aliphatic carboxylic acids is 1. The van der Waals surface area contributed by atoms with Crippen LogP contribution in [-0.2, 0) is 4.79 Å². The molecule has 12 heavy (non-hydrogen) atoms. The van der Waals surface area contributed by atoms with Gasteiger partial charge in [0.2, 0.25) is 0 Å². The number of carboxylic acid groups (broad SMARTS) is 1. The lowest BCUT2D eigenvalue weighted by molar-refractivity contribution is -0.139. The molecule has 1 rings (SSSR count). The molecule has 0 aromatic carbocycles. The molecule has 0 spiro atoms. The van der Waals surface area contributed by atoms with Crippen LogP contribution in [0.1, 0.15) is 18.2 Å². The zero-order chi connectivity index (χ0) is 9.14. The molecule has 66 valence electrons. The summed E-state index contributed by atoms with van der Waals surface area (Å²) in [6, 6.07) is 0. The lowest BCUT2D eigenvalue weighted by Crippen LogP contribution is -2.06. The maximum atomic E-state index is 10.2. The van der Waals surface area contributed by atoms with Gasteiger partial charge in [-0.05, 0) is 15.9 Å². The smallest absolute Gasteiger partial charge is 0.306 e. The van der Waals surface area contributed by atoms with Gasteiger partial charge >= 0.3 is 5.97 Å². The molecule has 0 amide bonds. The number of nitrogens with zero attached hydrogens (tertiary/aromatic N) is 1. The summed E-state index contributed by atoms with van der Waals surface area (Å²) in [6.07, 6.45) is 0.0839. The number of carboxylic acids is 1. The van der Waals surface area contributed by atoms with Gasteiger partial charge in [0.1, 0.15) is 6.10 Å². The van der Waals surface area contributed by atoms with E-state index < -0.39 is 12.1 Å². The Morgan fingerprint density at radius 3 is 2.92 bits per heavy atom. The lowest BCUT2D eigenvalue weighted by Gasteiger charge is -2.04. The monoisotopic (exact) mass is 234 g/mol. The minimum Gasteiger partial charge on any atom is -0.481 e. The van der Waals surface area contributed by atoms with Gasteiger partial charge in [-0.2, -0.15) is 5.10 Å². The molecule has 5 nitrogen and oxygen atoms in total. The number of aliphatic hydroxyl groups is 1. The van der Waals surface area contributed by atoms with Gasteiger partial charge in [-0.15, -0.1) is 0 Å². The average Bonchev–Trinajstić information content (AvgIpc) is 2.33. The van der Waals surface area contributed by atoms with E-state index in [-0.39, 0.29) is 6.42 Å². The summed E-state index contributed by atoms with van der Waals surface area (Å²) in [5.41, 5.74) is 0.386. The molecular formula is C6H7BrN2O3. The van der Waals surface area contributed by atoms with Gasteiger partial charge in [0.05, 0.1) is 22.8 Å². The van der Waals surface area contributed by atoms with Crippen LogP contribution in [0, 0.1) is 0 Å². The predicted molar refractivity (Wildman–Crippen MR) is 43.5 cm³/mol. The highest BCUT2D eigenvalue weighted by Crippen LogP contribution is 2.22. The molecule has 0 aliphatic carbocycles. The van der Waals surface area contributed by atoms with E-state index in [1.807, 2.05) is 0 Å². The topological polar surface area (TPSA) is 86.2 Å². The Balaban J connectivity index is 2.71. The molecule has 3 N–H and O–H groups in total. The van der Waals surface area contributed by atoms with Crippen molar-refractivity contribution in [3.05, 3.63) is 16.4 Å². The Morgan fingerprint density at radius 2 is 2.50 bits per heavy atom. The Bertz CT molecular complexity index is 286. The van der Waals surface area contributed by atoms with Crippen LogP contribution in [0.25, 0.3) is 0 Å². The van der Waals surface area contributed by atoms with Crippen molar-refractivity contribution in [1.29, 1.82) is 0 Å². The number of carbonyl (C=O) groups is 1. The molecule has 0 fully saturated rings. The van der Waals surface area contributed by atoms with Crippen molar-refractivity contribution >= 4 is 21.9 Å². The first-order chi connectivity index (χ1) is 5.61. The van der Waals surface area contributed by atoms with Crippen LogP contribution in [0.15, 0.2) is 10.7 Å². The molecule has 0 unspecified atom stereocenters. The van der Waals surface area contributed by atoms with Gasteiger partial charge < -0.3 is 10.2 Å². The molecule has 1 heterocycles. The Hall–Kier alpha value is -0.880. The SMILES string of the molecule is O=C(O)C[C@H](O)c1[nH]ncc1Br. The van der Waals surface area contributed by atoms with Crippen LogP contribution in [0.4, 0.5) is 0 Å². The molecule has 0 aliphatic heterocycles. The van der Waals surface area contributed by atoms with Gasteiger partial charge in [0, 0.05) is 0 Å². The lowest BCUT2D eigenvalue weighted by atomic mass is 10.2. The second kappa shape index (κ2) is 3.68. The second-order valence-electron chi connectivity index (χ2n) is 2.25. The molecule has 1 aromatic rings. The van der Waals surface area contributed by atoms with Crippen molar-refractivity contribution in [2.24, 2.45) is 0 Å². The highest BCUT2D eigenvalue weighted by molar-refractivity contribution is 9.10. The number of hydrogen-bond acceptors (Lipinski definition) is 3. The van der Waals surface area contributed by atoms with E-state index >= 15 is 0 Å². The number of aromatic nitrogens is 2. The third-order valence-corrected chi connectivity index (χ3v) is 1.95. The van der Waals surface area contributed by atoms with Crippen LogP contribution in [-0.4, -0.2) is 26.4 Å². The second-order valence-corrected chi connectivity index (χ2v) is 3.10. The quantitative estimate of drug-likeness (QED) is 0.718. The zero-order valence-electron chi connectivity index (χ0n) is 5.99. The van der Waals surface area contributed by atoms with Gasteiger partial charge in [-0.1, -0.05) is 0 Å². The Morgan fingerprint density at radius 1 is 1.83 bits per heavy atom. The zero-order valence-corrected chi connectivity index (χ0v) is 7.58. The summed E-state index contributed by atoms with van der Waals surface area (Å²) in [5.74, 6) is -1.05. The van der Waals surface area contributed by atoms with Crippen molar-refractivity contribution in [3.63, 3.8) is 0 Å². The molecule has 0 saturated heterocycles. The fourth-order valence-electron chi connectivity index (χ4n) is 0.783. The summed E-state index contributed by atoms with van der Waals surface area (Å²) in [6.45, 7) is 0. The van der Waals surface area contributed by atoms with Crippen LogP contribution in [0.3, 0.4) is 0 Å². The molecule has 0 bridgehead atoms. The van der Waals surface area contributed by atoms with Crippen molar-refractivity contribution < 1.29 is 15.0 Å². The minimum atomic E-state index is -1.05. The normalized spacial score (nSPS) is 12.8. The van der Waals surface area contributed by atoms with Crippen LogP contribution < -0.4 is 0 Å². The third-order valence-electron chi connectivity index (χ3n) is 1.32. The number of rotatable bonds is 3. The summed E-state index contributed by atoms with van der Waals surface area (Å²) < 4.78 is 0.580. The van der Waals surface area contributed by atoms with E-state index in [0.717, 1.165) is 0 Å². The fourth-order valence-corrected chi connectivity index (χ4v) is 1.24. The number of nitrogens with one attached hydrogen (secondary N) is 1. The van der Waals surface area contributed by atoms with Crippen LogP contribution >= 0.6 is 15.9 Å². The van der Waals surface area contributed by atoms with E-state index in [9.17, 15) is 9.90 Å². The summed E-state index contributed by atoms with van der Waals surface area (Å²) in [4.78, 5) is 10.2. The number of H-pyrrole nitrogens is 1. The van der Waals surface area contributed by atoms with Gasteiger partial charge in [0.25, 0.3) is 0 Å². The van der Waals surface area contributed by atoms with E-state index in [1.54, 1.807) is 0 Å². The Kier molecular flexibility index (Phi) is 2.83. The summed E-state index contributed by atoms with van der Waals surface area (Å²) in [7, 11) is 0. The number of hydrogen-bond donors (Lipinski definition) is 3. The minimum absolute atomic E-state index is 0.333. The fraction of sp³-hybridized carbons (Fsp3) is 0.333. The number of halogens is 1. The van der Waals surface area contributed by atoms with Crippen LogP contribution in [0.2, 0.25) is 0 Å². The predicted octanol–water partition coefficient (Wildman–Crippen LogP) is 0.680.